The predicted octanol–water partition coefficient (Wildman–Crippen LogP) is 3.40. The van der Waals surface area contributed by atoms with Gasteiger partial charge in [0.2, 0.25) is 0 Å². The Hall–Kier alpha value is -1.29. The fourth-order valence-electron chi connectivity index (χ4n) is 2.04. The minimum atomic E-state index is -0.431. The molecule has 0 saturated heterocycles. The number of benzene rings is 1. The van der Waals surface area contributed by atoms with Crippen LogP contribution in [-0.2, 0) is 5.72 Å². The summed E-state index contributed by atoms with van der Waals surface area (Å²) in [6, 6.07) is 8.03. The van der Waals surface area contributed by atoms with Crippen LogP contribution in [0.15, 0.2) is 34.9 Å². The smallest absolute Gasteiger partial charge is 0.197 e. The first kappa shape index (κ1) is 9.90. The second kappa shape index (κ2) is 3.10. The molecule has 0 unspecified atom stereocenters. The summed E-state index contributed by atoms with van der Waals surface area (Å²) < 4.78 is 8.89. The minimum absolute atomic E-state index is 0.431. The Bertz CT molecular complexity index is 560. The average molecular weight is 279 g/mol. The molecule has 1 aliphatic rings. The summed E-state index contributed by atoms with van der Waals surface area (Å²) in [5.41, 5.74) is 1.73. The third-order valence-electron chi connectivity index (χ3n) is 2.73. The summed E-state index contributed by atoms with van der Waals surface area (Å²) in [5.74, 6) is 0.904. The van der Waals surface area contributed by atoms with Crippen molar-refractivity contribution in [2.24, 2.45) is 0 Å². The van der Waals surface area contributed by atoms with Crippen LogP contribution >= 0.6 is 15.9 Å². The molecule has 0 aliphatic carbocycles. The zero-order valence-corrected chi connectivity index (χ0v) is 10.7. The molecule has 0 spiro atoms. The SMILES string of the molecule is CC1(C)Oc2ccc(Br)cc2-c2ccnn21. The van der Waals surface area contributed by atoms with Crippen LogP contribution in [0.2, 0.25) is 0 Å². The Labute approximate surface area is 102 Å². The summed E-state index contributed by atoms with van der Waals surface area (Å²) in [5, 5.41) is 4.31. The van der Waals surface area contributed by atoms with E-state index in [1.165, 1.54) is 0 Å². The van der Waals surface area contributed by atoms with E-state index in [1.807, 2.05) is 36.7 Å². The van der Waals surface area contributed by atoms with E-state index in [9.17, 15) is 0 Å². The molecule has 16 heavy (non-hydrogen) atoms. The lowest BCUT2D eigenvalue weighted by molar-refractivity contribution is 0.0139. The highest BCUT2D eigenvalue weighted by atomic mass is 79.9. The number of aromatic nitrogens is 2. The maximum atomic E-state index is 5.94. The van der Waals surface area contributed by atoms with Gasteiger partial charge in [-0.1, -0.05) is 15.9 Å². The molecule has 0 bridgehead atoms. The summed E-state index contributed by atoms with van der Waals surface area (Å²) in [6.07, 6.45) is 1.80. The van der Waals surface area contributed by atoms with Gasteiger partial charge in [-0.3, -0.25) is 0 Å². The van der Waals surface area contributed by atoms with Crippen molar-refractivity contribution in [3.8, 4) is 17.0 Å². The molecule has 82 valence electrons. The Morgan fingerprint density at radius 1 is 1.31 bits per heavy atom. The van der Waals surface area contributed by atoms with Gasteiger partial charge in [0.15, 0.2) is 5.72 Å². The zero-order chi connectivity index (χ0) is 11.3. The largest absolute Gasteiger partial charge is 0.466 e. The Morgan fingerprint density at radius 3 is 2.94 bits per heavy atom. The summed E-state index contributed by atoms with van der Waals surface area (Å²) in [6.45, 7) is 4.02. The molecule has 4 heteroatoms. The standard InChI is InChI=1S/C12H11BrN2O/c1-12(2)15-10(5-6-14-15)9-7-8(13)3-4-11(9)16-12/h3-7H,1-2H3. The van der Waals surface area contributed by atoms with Crippen molar-refractivity contribution in [3.05, 3.63) is 34.9 Å². The van der Waals surface area contributed by atoms with Crippen LogP contribution in [-0.4, -0.2) is 9.78 Å². The van der Waals surface area contributed by atoms with Crippen molar-refractivity contribution in [3.63, 3.8) is 0 Å². The molecule has 2 heterocycles. The van der Waals surface area contributed by atoms with Crippen molar-refractivity contribution in [1.82, 2.24) is 9.78 Å². The third kappa shape index (κ3) is 1.29. The van der Waals surface area contributed by atoms with Crippen molar-refractivity contribution in [2.75, 3.05) is 0 Å². The molecule has 3 rings (SSSR count). The number of halogens is 1. The van der Waals surface area contributed by atoms with Gasteiger partial charge in [-0.25, -0.2) is 4.68 Å². The van der Waals surface area contributed by atoms with Crippen LogP contribution < -0.4 is 4.74 Å². The molecule has 1 aromatic heterocycles. The van der Waals surface area contributed by atoms with Gasteiger partial charge in [0.05, 0.1) is 5.69 Å². The Kier molecular flexibility index (Phi) is 1.92. The number of hydrogen-bond acceptors (Lipinski definition) is 2. The van der Waals surface area contributed by atoms with Crippen molar-refractivity contribution < 1.29 is 4.74 Å². The molecule has 1 aromatic carbocycles. The molecule has 0 saturated carbocycles. The highest BCUT2D eigenvalue weighted by Gasteiger charge is 2.32. The molecule has 1 aliphatic heterocycles. The van der Waals surface area contributed by atoms with Crippen molar-refractivity contribution >= 4 is 15.9 Å². The number of rotatable bonds is 0. The highest BCUT2D eigenvalue weighted by Crippen LogP contribution is 2.41. The third-order valence-corrected chi connectivity index (χ3v) is 3.22. The van der Waals surface area contributed by atoms with Gasteiger partial charge < -0.3 is 4.74 Å². The maximum absolute atomic E-state index is 5.94. The minimum Gasteiger partial charge on any atom is -0.466 e. The van der Waals surface area contributed by atoms with E-state index in [1.54, 1.807) is 6.20 Å². The zero-order valence-electron chi connectivity index (χ0n) is 9.07. The van der Waals surface area contributed by atoms with Crippen LogP contribution in [0, 0.1) is 0 Å². The average Bonchev–Trinajstić information content (AvgIpc) is 2.69. The molecule has 0 N–H and O–H groups in total. The normalized spacial score (nSPS) is 16.2. The predicted molar refractivity (Wildman–Crippen MR) is 65.3 cm³/mol. The molecular formula is C12H11BrN2O. The summed E-state index contributed by atoms with van der Waals surface area (Å²) in [4.78, 5) is 0. The van der Waals surface area contributed by atoms with E-state index in [-0.39, 0.29) is 0 Å². The fraction of sp³-hybridized carbons (Fsp3) is 0.250. The van der Waals surface area contributed by atoms with Crippen LogP contribution in [0.1, 0.15) is 13.8 Å². The van der Waals surface area contributed by atoms with Crippen molar-refractivity contribution in [1.29, 1.82) is 0 Å². The molecule has 0 radical (unpaired) electrons. The van der Waals surface area contributed by atoms with E-state index in [0.717, 1.165) is 21.5 Å². The molecule has 0 fully saturated rings. The Balaban J connectivity index is 2.31. The topological polar surface area (TPSA) is 27.1 Å². The van der Waals surface area contributed by atoms with Gasteiger partial charge in [0, 0.05) is 16.2 Å². The number of fused-ring (bicyclic) bond motifs is 3. The molecular weight excluding hydrogens is 268 g/mol. The first-order valence-electron chi connectivity index (χ1n) is 5.11. The summed E-state index contributed by atoms with van der Waals surface area (Å²) >= 11 is 3.47. The Morgan fingerprint density at radius 2 is 2.12 bits per heavy atom. The second-order valence-corrected chi connectivity index (χ2v) is 5.23. The number of nitrogens with zero attached hydrogens (tertiary/aromatic N) is 2. The van der Waals surface area contributed by atoms with Crippen molar-refractivity contribution in [2.45, 2.75) is 19.6 Å². The van der Waals surface area contributed by atoms with Gasteiger partial charge >= 0.3 is 0 Å². The highest BCUT2D eigenvalue weighted by molar-refractivity contribution is 9.10. The van der Waals surface area contributed by atoms with Crippen LogP contribution in [0.4, 0.5) is 0 Å². The van der Waals surface area contributed by atoms with E-state index in [0.29, 0.717) is 0 Å². The van der Waals surface area contributed by atoms with Gasteiger partial charge in [-0.2, -0.15) is 5.10 Å². The lowest BCUT2D eigenvalue weighted by atomic mass is 10.1. The molecule has 3 nitrogen and oxygen atoms in total. The van der Waals surface area contributed by atoms with Gasteiger partial charge in [-0.05, 0) is 38.1 Å². The first-order chi connectivity index (χ1) is 7.58. The van der Waals surface area contributed by atoms with Crippen LogP contribution in [0.3, 0.4) is 0 Å². The number of ether oxygens (including phenoxy) is 1. The van der Waals surface area contributed by atoms with Gasteiger partial charge in [-0.15, -0.1) is 0 Å². The second-order valence-electron chi connectivity index (χ2n) is 4.32. The van der Waals surface area contributed by atoms with Gasteiger partial charge in [0.25, 0.3) is 0 Å². The monoisotopic (exact) mass is 278 g/mol. The summed E-state index contributed by atoms with van der Waals surface area (Å²) in [7, 11) is 0. The van der Waals surface area contributed by atoms with E-state index >= 15 is 0 Å². The lowest BCUT2D eigenvalue weighted by Crippen LogP contribution is -2.37. The van der Waals surface area contributed by atoms with E-state index < -0.39 is 5.72 Å². The van der Waals surface area contributed by atoms with Crippen LogP contribution in [0.5, 0.6) is 5.75 Å². The lowest BCUT2D eigenvalue weighted by Gasteiger charge is -2.34. The van der Waals surface area contributed by atoms with Gasteiger partial charge in [0.1, 0.15) is 5.75 Å². The molecule has 2 aromatic rings. The van der Waals surface area contributed by atoms with E-state index in [4.69, 9.17) is 4.74 Å². The first-order valence-corrected chi connectivity index (χ1v) is 5.91. The quantitative estimate of drug-likeness (QED) is 0.739. The fourth-order valence-corrected chi connectivity index (χ4v) is 2.40. The van der Waals surface area contributed by atoms with E-state index in [2.05, 4.69) is 27.1 Å². The number of hydrogen-bond donors (Lipinski definition) is 0. The molecule has 0 atom stereocenters. The maximum Gasteiger partial charge on any atom is 0.197 e. The van der Waals surface area contributed by atoms with Crippen LogP contribution in [0.25, 0.3) is 11.3 Å². The molecule has 0 amide bonds.